The van der Waals surface area contributed by atoms with Gasteiger partial charge in [0.25, 0.3) is 0 Å². The lowest BCUT2D eigenvalue weighted by Gasteiger charge is -2.24. The topological polar surface area (TPSA) is 78.9 Å². The van der Waals surface area contributed by atoms with Gasteiger partial charge >= 0.3 is 6.09 Å². The van der Waals surface area contributed by atoms with Gasteiger partial charge in [-0.15, -0.1) is 0 Å². The molecule has 0 aromatic heterocycles. The lowest BCUT2D eigenvalue weighted by atomic mass is 10.1. The molecule has 122 valence electrons. The average Bonchev–Trinajstić information content (AvgIpc) is 2.36. The van der Waals surface area contributed by atoms with Crippen LogP contribution in [0.3, 0.4) is 0 Å². The Balaban J connectivity index is 2.53. The van der Waals surface area contributed by atoms with Gasteiger partial charge in [-0.25, -0.2) is 4.79 Å². The summed E-state index contributed by atoms with van der Waals surface area (Å²) >= 11 is 0. The molecule has 0 aliphatic heterocycles. The number of hydrogen-bond donors (Lipinski definition) is 2. The second kappa shape index (κ2) is 7.15. The number of ether oxygens (including phenoxy) is 1. The highest BCUT2D eigenvalue weighted by atomic mass is 16.6. The monoisotopic (exact) mass is 308 g/mol. The van der Waals surface area contributed by atoms with Gasteiger partial charge in [0, 0.05) is 7.05 Å². The number of nitrogens with one attached hydrogen (secondary N) is 1. The van der Waals surface area contributed by atoms with Crippen molar-refractivity contribution in [2.24, 2.45) is 0 Å². The predicted octanol–water partition coefficient (Wildman–Crippen LogP) is 2.44. The number of phenolic OH excluding ortho intramolecular Hbond substituents is 1. The number of carbonyl (C=O) groups excluding carboxylic acids is 2. The highest BCUT2D eigenvalue weighted by Crippen LogP contribution is 2.17. The Bertz CT molecular complexity index is 537. The first kappa shape index (κ1) is 17.8. The fourth-order valence-corrected chi connectivity index (χ4v) is 1.78. The van der Waals surface area contributed by atoms with Gasteiger partial charge in [0.15, 0.2) is 0 Å². The number of likely N-dealkylation sites (N-methyl/N-ethyl adjacent to an activating group) is 1. The van der Waals surface area contributed by atoms with Crippen molar-refractivity contribution < 1.29 is 19.4 Å². The molecule has 2 amide bonds. The molecule has 0 bridgehead atoms. The molecule has 0 fully saturated rings. The molecular formula is C16H24N2O4. The third-order valence-corrected chi connectivity index (χ3v) is 2.83. The highest BCUT2D eigenvalue weighted by Gasteiger charge is 2.21. The number of rotatable bonds is 4. The number of aromatic hydroxyl groups is 1. The first-order chi connectivity index (χ1) is 10.1. The minimum absolute atomic E-state index is 0.0991. The molecule has 2 N–H and O–H groups in total. The molecule has 0 aliphatic rings. The summed E-state index contributed by atoms with van der Waals surface area (Å²) in [6, 6.07) is 6.39. The summed E-state index contributed by atoms with van der Waals surface area (Å²) in [7, 11) is 1.51. The summed E-state index contributed by atoms with van der Waals surface area (Å²) in [4.78, 5) is 25.0. The van der Waals surface area contributed by atoms with Gasteiger partial charge in [0.05, 0.1) is 6.04 Å². The molecule has 0 spiro atoms. The SMILES string of the molecule is CC(NC(=O)CN(C)C(=O)OC(C)(C)C)c1cccc(O)c1. The summed E-state index contributed by atoms with van der Waals surface area (Å²) in [6.07, 6.45) is -0.548. The number of carbonyl (C=O) groups is 2. The molecule has 6 heteroatoms. The van der Waals surface area contributed by atoms with Crippen LogP contribution in [-0.2, 0) is 9.53 Å². The van der Waals surface area contributed by atoms with Crippen molar-refractivity contribution in [3.8, 4) is 5.75 Å². The van der Waals surface area contributed by atoms with Crippen molar-refractivity contribution in [2.75, 3.05) is 13.6 Å². The molecule has 0 radical (unpaired) electrons. The van der Waals surface area contributed by atoms with Gasteiger partial charge in [0.1, 0.15) is 17.9 Å². The zero-order valence-corrected chi connectivity index (χ0v) is 13.7. The standard InChI is InChI=1S/C16H24N2O4/c1-11(12-7-6-8-13(19)9-12)17-14(20)10-18(5)15(21)22-16(2,3)4/h6-9,11,19H,10H2,1-5H3,(H,17,20). The van der Waals surface area contributed by atoms with Crippen LogP contribution in [0.4, 0.5) is 4.79 Å². The van der Waals surface area contributed by atoms with E-state index in [1.54, 1.807) is 45.9 Å². The van der Waals surface area contributed by atoms with E-state index in [-0.39, 0.29) is 24.2 Å². The molecule has 6 nitrogen and oxygen atoms in total. The molecule has 0 aliphatic carbocycles. The van der Waals surface area contributed by atoms with E-state index in [0.29, 0.717) is 0 Å². The fourth-order valence-electron chi connectivity index (χ4n) is 1.78. The van der Waals surface area contributed by atoms with E-state index in [2.05, 4.69) is 5.32 Å². The second-order valence-corrected chi connectivity index (χ2v) is 6.22. The van der Waals surface area contributed by atoms with Gasteiger partial charge in [-0.3, -0.25) is 4.79 Å². The van der Waals surface area contributed by atoms with Crippen LogP contribution in [-0.4, -0.2) is 41.2 Å². The molecule has 22 heavy (non-hydrogen) atoms. The Morgan fingerprint density at radius 1 is 1.36 bits per heavy atom. The van der Waals surface area contributed by atoms with Crippen LogP contribution in [0.5, 0.6) is 5.75 Å². The van der Waals surface area contributed by atoms with Crippen LogP contribution in [0, 0.1) is 0 Å². The molecule has 0 heterocycles. The maximum Gasteiger partial charge on any atom is 0.410 e. The lowest BCUT2D eigenvalue weighted by Crippen LogP contribution is -2.41. The third-order valence-electron chi connectivity index (χ3n) is 2.83. The minimum atomic E-state index is -0.601. The maximum absolute atomic E-state index is 12.0. The van der Waals surface area contributed by atoms with E-state index >= 15 is 0 Å². The Hall–Kier alpha value is -2.24. The van der Waals surface area contributed by atoms with Gasteiger partial charge in [0.2, 0.25) is 5.91 Å². The minimum Gasteiger partial charge on any atom is -0.508 e. The van der Waals surface area contributed by atoms with Gasteiger partial charge in [-0.1, -0.05) is 12.1 Å². The highest BCUT2D eigenvalue weighted by molar-refractivity contribution is 5.82. The van der Waals surface area contributed by atoms with E-state index in [4.69, 9.17) is 4.74 Å². The van der Waals surface area contributed by atoms with Crippen LogP contribution in [0.15, 0.2) is 24.3 Å². The summed E-state index contributed by atoms with van der Waals surface area (Å²) in [5, 5.41) is 12.2. The zero-order chi connectivity index (χ0) is 16.9. The zero-order valence-electron chi connectivity index (χ0n) is 13.7. The Kier molecular flexibility index (Phi) is 5.79. The first-order valence-corrected chi connectivity index (χ1v) is 7.11. The number of amides is 2. The van der Waals surface area contributed by atoms with Crippen molar-refractivity contribution >= 4 is 12.0 Å². The molecule has 1 atom stereocenters. The van der Waals surface area contributed by atoms with Crippen LogP contribution in [0.2, 0.25) is 0 Å². The van der Waals surface area contributed by atoms with E-state index in [1.807, 2.05) is 6.07 Å². The molecular weight excluding hydrogens is 284 g/mol. The Labute approximate surface area is 131 Å². The molecule has 1 aromatic carbocycles. The van der Waals surface area contributed by atoms with Crippen LogP contribution < -0.4 is 5.32 Å². The molecule has 0 saturated heterocycles. The van der Waals surface area contributed by atoms with E-state index < -0.39 is 11.7 Å². The number of benzene rings is 1. The van der Waals surface area contributed by atoms with Crippen molar-refractivity contribution in [1.29, 1.82) is 0 Å². The van der Waals surface area contributed by atoms with Gasteiger partial charge < -0.3 is 20.1 Å². The number of nitrogens with zero attached hydrogens (tertiary/aromatic N) is 1. The van der Waals surface area contributed by atoms with Crippen molar-refractivity contribution in [3.05, 3.63) is 29.8 Å². The van der Waals surface area contributed by atoms with E-state index in [9.17, 15) is 14.7 Å². The Morgan fingerprint density at radius 3 is 2.55 bits per heavy atom. The van der Waals surface area contributed by atoms with Crippen molar-refractivity contribution in [2.45, 2.75) is 39.3 Å². The molecule has 1 aromatic rings. The van der Waals surface area contributed by atoms with Gasteiger partial charge in [-0.05, 0) is 45.4 Å². The smallest absolute Gasteiger partial charge is 0.410 e. The van der Waals surface area contributed by atoms with Crippen LogP contribution in [0.25, 0.3) is 0 Å². The Morgan fingerprint density at radius 2 is 2.00 bits per heavy atom. The summed E-state index contributed by atoms with van der Waals surface area (Å²) < 4.78 is 5.18. The van der Waals surface area contributed by atoms with Gasteiger partial charge in [-0.2, -0.15) is 0 Å². The third kappa shape index (κ3) is 6.03. The molecule has 1 rings (SSSR count). The largest absolute Gasteiger partial charge is 0.508 e. The van der Waals surface area contributed by atoms with E-state index in [0.717, 1.165) is 5.56 Å². The first-order valence-electron chi connectivity index (χ1n) is 7.11. The lowest BCUT2D eigenvalue weighted by molar-refractivity contribution is -0.122. The summed E-state index contributed by atoms with van der Waals surface area (Å²) in [6.45, 7) is 7.01. The molecule has 0 saturated carbocycles. The quantitative estimate of drug-likeness (QED) is 0.895. The number of phenols is 1. The second-order valence-electron chi connectivity index (χ2n) is 6.22. The van der Waals surface area contributed by atoms with Crippen LogP contribution >= 0.6 is 0 Å². The molecule has 1 unspecified atom stereocenters. The van der Waals surface area contributed by atoms with Crippen molar-refractivity contribution in [1.82, 2.24) is 10.2 Å². The number of hydrogen-bond acceptors (Lipinski definition) is 4. The van der Waals surface area contributed by atoms with Crippen molar-refractivity contribution in [3.63, 3.8) is 0 Å². The fraction of sp³-hybridized carbons (Fsp3) is 0.500. The predicted molar refractivity (Wildman–Crippen MR) is 83.5 cm³/mol. The average molecular weight is 308 g/mol. The van der Waals surface area contributed by atoms with E-state index in [1.165, 1.54) is 11.9 Å². The summed E-state index contributed by atoms with van der Waals surface area (Å²) in [5.41, 5.74) is 0.185. The normalized spacial score (nSPS) is 12.4. The maximum atomic E-state index is 12.0. The summed E-state index contributed by atoms with van der Waals surface area (Å²) in [5.74, 6) is -0.159. The van der Waals surface area contributed by atoms with Crippen LogP contribution in [0.1, 0.15) is 39.3 Å².